The first-order valence-electron chi connectivity index (χ1n) is 8.03. The van der Waals surface area contributed by atoms with Crippen molar-refractivity contribution in [3.63, 3.8) is 0 Å². The predicted molar refractivity (Wildman–Crippen MR) is 76.8 cm³/mol. The van der Waals surface area contributed by atoms with Gasteiger partial charge in [0.15, 0.2) is 0 Å². The van der Waals surface area contributed by atoms with Crippen molar-refractivity contribution in [3.05, 3.63) is 0 Å². The smallest absolute Gasteiger partial charge is 0.0837 e. The van der Waals surface area contributed by atoms with Crippen molar-refractivity contribution >= 4 is 0 Å². The molecule has 0 aromatic carbocycles. The summed E-state index contributed by atoms with van der Waals surface area (Å²) in [7, 11) is 2.14. The van der Waals surface area contributed by atoms with Crippen LogP contribution in [0.3, 0.4) is 0 Å². The summed E-state index contributed by atoms with van der Waals surface area (Å²) in [5.74, 6) is 1.73. The summed E-state index contributed by atoms with van der Waals surface area (Å²) < 4.78 is 6.27. The molecule has 2 nitrogen and oxygen atoms in total. The Morgan fingerprint density at radius 1 is 1.22 bits per heavy atom. The third kappa shape index (κ3) is 2.91. The summed E-state index contributed by atoms with van der Waals surface area (Å²) in [6, 6.07) is 0.572. The zero-order valence-corrected chi connectivity index (χ0v) is 12.5. The van der Waals surface area contributed by atoms with Gasteiger partial charge in [0.25, 0.3) is 0 Å². The molecule has 0 saturated heterocycles. The highest BCUT2D eigenvalue weighted by molar-refractivity contribution is 5.00. The maximum atomic E-state index is 6.27. The summed E-state index contributed by atoms with van der Waals surface area (Å²) in [5.41, 5.74) is 0.144. The van der Waals surface area contributed by atoms with Crippen molar-refractivity contribution in [1.29, 1.82) is 0 Å². The Hall–Kier alpha value is -0.0800. The average molecular weight is 253 g/mol. The lowest BCUT2D eigenvalue weighted by molar-refractivity contribution is -0.0789. The minimum Gasteiger partial charge on any atom is -0.374 e. The first-order valence-corrected chi connectivity index (χ1v) is 8.03. The first kappa shape index (κ1) is 14.3. The van der Waals surface area contributed by atoms with Crippen LogP contribution in [0.15, 0.2) is 0 Å². The molecule has 0 radical (unpaired) electrons. The van der Waals surface area contributed by atoms with Crippen molar-refractivity contribution in [2.75, 3.05) is 13.7 Å². The van der Waals surface area contributed by atoms with Gasteiger partial charge in [-0.2, -0.15) is 0 Å². The monoisotopic (exact) mass is 253 g/mol. The summed E-state index contributed by atoms with van der Waals surface area (Å²) >= 11 is 0. The zero-order valence-electron chi connectivity index (χ0n) is 12.5. The van der Waals surface area contributed by atoms with Crippen LogP contribution in [0.4, 0.5) is 0 Å². The van der Waals surface area contributed by atoms with Gasteiger partial charge in [-0.1, -0.05) is 32.6 Å². The molecule has 0 aromatic rings. The number of rotatable bonds is 5. The van der Waals surface area contributed by atoms with Crippen LogP contribution in [0.2, 0.25) is 0 Å². The van der Waals surface area contributed by atoms with Gasteiger partial charge in [-0.05, 0) is 51.5 Å². The molecule has 2 aliphatic carbocycles. The minimum absolute atomic E-state index is 0.144. The van der Waals surface area contributed by atoms with Crippen molar-refractivity contribution in [2.45, 2.75) is 76.9 Å². The fourth-order valence-corrected chi connectivity index (χ4v) is 4.52. The molecule has 106 valence electrons. The molecule has 0 bridgehead atoms. The van der Waals surface area contributed by atoms with E-state index in [1.165, 1.54) is 51.4 Å². The van der Waals surface area contributed by atoms with Gasteiger partial charge in [0.2, 0.25) is 0 Å². The molecular weight excluding hydrogens is 222 g/mol. The highest BCUT2D eigenvalue weighted by Gasteiger charge is 2.45. The lowest BCUT2D eigenvalue weighted by Crippen LogP contribution is -2.54. The van der Waals surface area contributed by atoms with Crippen LogP contribution in [0.25, 0.3) is 0 Å². The molecule has 3 atom stereocenters. The standard InChI is InChI=1S/C16H31NO/c1-4-18-16(10-5-6-11-16)15(17-3)14-9-7-8-13(2)12-14/h13-15,17H,4-12H2,1-3H3. The fraction of sp³-hybridized carbons (Fsp3) is 1.00. The van der Waals surface area contributed by atoms with Crippen molar-refractivity contribution < 1.29 is 4.74 Å². The fourth-order valence-electron chi connectivity index (χ4n) is 4.52. The molecule has 2 fully saturated rings. The molecule has 2 aliphatic rings. The van der Waals surface area contributed by atoms with E-state index < -0.39 is 0 Å². The van der Waals surface area contributed by atoms with Gasteiger partial charge >= 0.3 is 0 Å². The van der Waals surface area contributed by atoms with Crippen LogP contribution < -0.4 is 5.32 Å². The highest BCUT2D eigenvalue weighted by Crippen LogP contribution is 2.42. The SMILES string of the molecule is CCOC1(C(NC)C2CCCC(C)C2)CCCC1. The summed E-state index contributed by atoms with van der Waals surface area (Å²) in [4.78, 5) is 0. The van der Waals surface area contributed by atoms with E-state index in [-0.39, 0.29) is 5.60 Å². The lowest BCUT2D eigenvalue weighted by atomic mass is 9.72. The quantitative estimate of drug-likeness (QED) is 0.805. The minimum atomic E-state index is 0.144. The molecule has 18 heavy (non-hydrogen) atoms. The van der Waals surface area contributed by atoms with E-state index in [0.717, 1.165) is 18.4 Å². The van der Waals surface area contributed by atoms with Gasteiger partial charge < -0.3 is 10.1 Å². The molecule has 1 N–H and O–H groups in total. The molecule has 0 heterocycles. The van der Waals surface area contributed by atoms with E-state index in [4.69, 9.17) is 4.74 Å². The van der Waals surface area contributed by atoms with Crippen LogP contribution in [-0.4, -0.2) is 25.3 Å². The highest BCUT2D eigenvalue weighted by atomic mass is 16.5. The van der Waals surface area contributed by atoms with Gasteiger partial charge in [0, 0.05) is 12.6 Å². The van der Waals surface area contributed by atoms with E-state index >= 15 is 0 Å². The number of likely N-dealkylation sites (N-methyl/N-ethyl adjacent to an activating group) is 1. The van der Waals surface area contributed by atoms with Gasteiger partial charge in [-0.25, -0.2) is 0 Å². The number of ether oxygens (including phenoxy) is 1. The second kappa shape index (κ2) is 6.38. The maximum absolute atomic E-state index is 6.27. The average Bonchev–Trinajstić information content (AvgIpc) is 2.80. The summed E-state index contributed by atoms with van der Waals surface area (Å²) in [6.45, 7) is 5.43. The summed E-state index contributed by atoms with van der Waals surface area (Å²) in [6.07, 6.45) is 10.8. The van der Waals surface area contributed by atoms with Gasteiger partial charge in [-0.3, -0.25) is 0 Å². The molecule has 0 amide bonds. The van der Waals surface area contributed by atoms with Crippen LogP contribution in [-0.2, 0) is 4.74 Å². The maximum Gasteiger partial charge on any atom is 0.0837 e. The van der Waals surface area contributed by atoms with Crippen molar-refractivity contribution in [1.82, 2.24) is 5.32 Å². The Bertz CT molecular complexity index is 247. The molecule has 0 aliphatic heterocycles. The Labute approximate surface area is 113 Å². The van der Waals surface area contributed by atoms with Crippen molar-refractivity contribution in [3.8, 4) is 0 Å². The van der Waals surface area contributed by atoms with Crippen molar-refractivity contribution in [2.24, 2.45) is 11.8 Å². The van der Waals surface area contributed by atoms with E-state index in [2.05, 4.69) is 26.2 Å². The molecule has 2 heteroatoms. The van der Waals surface area contributed by atoms with Gasteiger partial charge in [-0.15, -0.1) is 0 Å². The number of nitrogens with one attached hydrogen (secondary N) is 1. The Balaban J connectivity index is 2.09. The molecule has 2 rings (SSSR count). The van der Waals surface area contributed by atoms with Crippen LogP contribution >= 0.6 is 0 Å². The molecular formula is C16H31NO. The Kier molecular flexibility index (Phi) is 5.08. The Morgan fingerprint density at radius 3 is 2.50 bits per heavy atom. The second-order valence-corrected chi connectivity index (χ2v) is 6.50. The van der Waals surface area contributed by atoms with E-state index in [1.807, 2.05) is 0 Å². The number of hydrogen-bond donors (Lipinski definition) is 1. The largest absolute Gasteiger partial charge is 0.374 e. The van der Waals surface area contributed by atoms with E-state index in [0.29, 0.717) is 6.04 Å². The number of hydrogen-bond acceptors (Lipinski definition) is 2. The van der Waals surface area contributed by atoms with Crippen LogP contribution in [0, 0.1) is 11.8 Å². The van der Waals surface area contributed by atoms with Crippen LogP contribution in [0.5, 0.6) is 0 Å². The van der Waals surface area contributed by atoms with Crippen LogP contribution in [0.1, 0.15) is 65.2 Å². The second-order valence-electron chi connectivity index (χ2n) is 6.50. The summed E-state index contributed by atoms with van der Waals surface area (Å²) in [5, 5.41) is 3.63. The molecule has 2 saturated carbocycles. The van der Waals surface area contributed by atoms with Gasteiger partial charge in [0.05, 0.1) is 5.60 Å². The topological polar surface area (TPSA) is 21.3 Å². The lowest BCUT2D eigenvalue weighted by Gasteiger charge is -2.44. The van der Waals surface area contributed by atoms with E-state index in [1.54, 1.807) is 0 Å². The molecule has 3 unspecified atom stereocenters. The van der Waals surface area contributed by atoms with Gasteiger partial charge in [0.1, 0.15) is 0 Å². The normalized spacial score (nSPS) is 33.5. The first-order chi connectivity index (χ1) is 8.72. The Morgan fingerprint density at radius 2 is 1.94 bits per heavy atom. The molecule has 0 aromatic heterocycles. The van der Waals surface area contributed by atoms with E-state index in [9.17, 15) is 0 Å². The zero-order chi connectivity index (χ0) is 13.0. The molecule has 0 spiro atoms. The third-order valence-corrected chi connectivity index (χ3v) is 5.21. The predicted octanol–water partition coefficient (Wildman–Crippen LogP) is 3.75. The third-order valence-electron chi connectivity index (χ3n) is 5.21.